The first-order valence-corrected chi connectivity index (χ1v) is 7.74. The summed E-state index contributed by atoms with van der Waals surface area (Å²) >= 11 is 5.95. The number of hydrogen-bond acceptors (Lipinski definition) is 2. The molecule has 0 fully saturated rings. The summed E-state index contributed by atoms with van der Waals surface area (Å²) in [5, 5.41) is 4.15. The van der Waals surface area contributed by atoms with Crippen molar-refractivity contribution in [3.63, 3.8) is 0 Å². The first-order valence-electron chi connectivity index (χ1n) is 7.36. The molecule has 2 rings (SSSR count). The lowest BCUT2D eigenvalue weighted by Crippen LogP contribution is -2.13. The standard InChI is InChI=1S/C18H22ClNO/c1-3-9-20-12-15-5-4-6-16(11-15)13-21-18-8-7-17(19)10-14(18)2/h4-8,10-11,20H,3,9,12-13H2,1-2H3. The van der Waals surface area contributed by atoms with Gasteiger partial charge in [-0.05, 0) is 54.8 Å². The summed E-state index contributed by atoms with van der Waals surface area (Å²) in [7, 11) is 0. The van der Waals surface area contributed by atoms with E-state index in [1.807, 2.05) is 25.1 Å². The molecule has 0 spiro atoms. The van der Waals surface area contributed by atoms with E-state index in [0.29, 0.717) is 6.61 Å². The topological polar surface area (TPSA) is 21.3 Å². The van der Waals surface area contributed by atoms with Crippen LogP contribution in [0.2, 0.25) is 5.02 Å². The quantitative estimate of drug-likeness (QED) is 0.747. The molecule has 3 heteroatoms. The van der Waals surface area contributed by atoms with Crippen LogP contribution in [0.3, 0.4) is 0 Å². The predicted octanol–water partition coefficient (Wildman–Crippen LogP) is 4.73. The van der Waals surface area contributed by atoms with Gasteiger partial charge in [-0.2, -0.15) is 0 Å². The second-order valence-corrected chi connectivity index (χ2v) is 5.63. The highest BCUT2D eigenvalue weighted by Gasteiger charge is 2.02. The van der Waals surface area contributed by atoms with E-state index >= 15 is 0 Å². The van der Waals surface area contributed by atoms with Gasteiger partial charge in [-0.15, -0.1) is 0 Å². The Morgan fingerprint density at radius 1 is 1.10 bits per heavy atom. The van der Waals surface area contributed by atoms with Gasteiger partial charge in [-0.1, -0.05) is 42.8 Å². The van der Waals surface area contributed by atoms with Gasteiger partial charge >= 0.3 is 0 Å². The van der Waals surface area contributed by atoms with Crippen LogP contribution in [-0.4, -0.2) is 6.54 Å². The molecule has 2 aromatic carbocycles. The largest absolute Gasteiger partial charge is 0.489 e. The van der Waals surface area contributed by atoms with E-state index in [1.54, 1.807) is 0 Å². The van der Waals surface area contributed by atoms with Crippen LogP contribution < -0.4 is 10.1 Å². The van der Waals surface area contributed by atoms with Crippen molar-refractivity contribution in [3.05, 3.63) is 64.2 Å². The molecule has 2 aromatic rings. The van der Waals surface area contributed by atoms with Gasteiger partial charge in [-0.25, -0.2) is 0 Å². The highest BCUT2D eigenvalue weighted by Crippen LogP contribution is 2.22. The van der Waals surface area contributed by atoms with E-state index in [2.05, 4.69) is 36.5 Å². The van der Waals surface area contributed by atoms with E-state index in [9.17, 15) is 0 Å². The van der Waals surface area contributed by atoms with Crippen LogP contribution >= 0.6 is 11.6 Å². The first kappa shape index (κ1) is 15.9. The molecule has 0 saturated carbocycles. The maximum atomic E-state index is 5.95. The molecule has 0 heterocycles. The maximum absolute atomic E-state index is 5.95. The third-order valence-corrected chi connectivity index (χ3v) is 3.51. The molecule has 0 saturated heterocycles. The summed E-state index contributed by atoms with van der Waals surface area (Å²) in [6.45, 7) is 6.70. The molecule has 0 amide bonds. The minimum Gasteiger partial charge on any atom is -0.489 e. The molecule has 2 nitrogen and oxygen atoms in total. The fourth-order valence-corrected chi connectivity index (χ4v) is 2.40. The van der Waals surface area contributed by atoms with Crippen molar-refractivity contribution in [2.24, 2.45) is 0 Å². The second kappa shape index (κ2) is 8.06. The zero-order chi connectivity index (χ0) is 15.1. The lowest BCUT2D eigenvalue weighted by atomic mass is 10.1. The Bertz CT molecular complexity index is 583. The number of benzene rings is 2. The highest BCUT2D eigenvalue weighted by atomic mass is 35.5. The average molecular weight is 304 g/mol. The van der Waals surface area contributed by atoms with E-state index < -0.39 is 0 Å². The second-order valence-electron chi connectivity index (χ2n) is 5.20. The predicted molar refractivity (Wildman–Crippen MR) is 89.0 cm³/mol. The Kier molecular flexibility index (Phi) is 6.09. The molecule has 112 valence electrons. The van der Waals surface area contributed by atoms with E-state index in [0.717, 1.165) is 35.8 Å². The number of nitrogens with one attached hydrogen (secondary N) is 1. The van der Waals surface area contributed by atoms with Gasteiger partial charge in [0, 0.05) is 11.6 Å². The average Bonchev–Trinajstić information content (AvgIpc) is 2.47. The smallest absolute Gasteiger partial charge is 0.122 e. The molecule has 0 aromatic heterocycles. The Labute approximate surface area is 132 Å². The number of ether oxygens (including phenoxy) is 1. The minimum absolute atomic E-state index is 0.574. The zero-order valence-electron chi connectivity index (χ0n) is 12.7. The first-order chi connectivity index (χ1) is 10.2. The third-order valence-electron chi connectivity index (χ3n) is 3.28. The molecule has 0 aliphatic carbocycles. The SMILES string of the molecule is CCCNCc1cccc(COc2ccc(Cl)cc2C)c1. The van der Waals surface area contributed by atoms with Gasteiger partial charge in [0.1, 0.15) is 12.4 Å². The van der Waals surface area contributed by atoms with Crippen LogP contribution in [0.1, 0.15) is 30.0 Å². The van der Waals surface area contributed by atoms with Crippen molar-refractivity contribution in [1.82, 2.24) is 5.32 Å². The van der Waals surface area contributed by atoms with Gasteiger partial charge in [0.15, 0.2) is 0 Å². The Hall–Kier alpha value is -1.51. The lowest BCUT2D eigenvalue weighted by Gasteiger charge is -2.10. The van der Waals surface area contributed by atoms with Crippen LogP contribution in [-0.2, 0) is 13.2 Å². The van der Waals surface area contributed by atoms with Gasteiger partial charge < -0.3 is 10.1 Å². The van der Waals surface area contributed by atoms with Crippen molar-refractivity contribution in [1.29, 1.82) is 0 Å². The minimum atomic E-state index is 0.574. The number of rotatable bonds is 7. The molecular weight excluding hydrogens is 282 g/mol. The summed E-state index contributed by atoms with van der Waals surface area (Å²) in [6.07, 6.45) is 1.15. The summed E-state index contributed by atoms with van der Waals surface area (Å²) < 4.78 is 5.88. The number of halogens is 1. The monoisotopic (exact) mass is 303 g/mol. The summed E-state index contributed by atoms with van der Waals surface area (Å²) in [4.78, 5) is 0. The van der Waals surface area contributed by atoms with E-state index in [1.165, 1.54) is 11.1 Å². The maximum Gasteiger partial charge on any atom is 0.122 e. The van der Waals surface area contributed by atoms with Crippen LogP contribution in [0.5, 0.6) is 5.75 Å². The Balaban J connectivity index is 1.95. The number of aryl methyl sites for hydroxylation is 1. The molecule has 0 unspecified atom stereocenters. The van der Waals surface area contributed by atoms with Crippen LogP contribution in [0, 0.1) is 6.92 Å². The fraction of sp³-hybridized carbons (Fsp3) is 0.333. The van der Waals surface area contributed by atoms with Crippen LogP contribution in [0.25, 0.3) is 0 Å². The summed E-state index contributed by atoms with van der Waals surface area (Å²) in [6, 6.07) is 14.2. The van der Waals surface area contributed by atoms with Crippen molar-refractivity contribution in [2.75, 3.05) is 6.54 Å². The molecule has 0 aliphatic heterocycles. The molecule has 21 heavy (non-hydrogen) atoms. The summed E-state index contributed by atoms with van der Waals surface area (Å²) in [5.41, 5.74) is 3.53. The molecule has 0 aliphatic rings. The van der Waals surface area contributed by atoms with Crippen molar-refractivity contribution < 1.29 is 4.74 Å². The molecular formula is C18H22ClNO. The van der Waals surface area contributed by atoms with Crippen molar-refractivity contribution in [2.45, 2.75) is 33.4 Å². The zero-order valence-corrected chi connectivity index (χ0v) is 13.4. The van der Waals surface area contributed by atoms with Crippen molar-refractivity contribution >= 4 is 11.6 Å². The van der Waals surface area contributed by atoms with Crippen LogP contribution in [0.15, 0.2) is 42.5 Å². The van der Waals surface area contributed by atoms with Gasteiger partial charge in [0.05, 0.1) is 0 Å². The van der Waals surface area contributed by atoms with E-state index in [4.69, 9.17) is 16.3 Å². The summed E-state index contributed by atoms with van der Waals surface area (Å²) in [5.74, 6) is 0.883. The fourth-order valence-electron chi connectivity index (χ4n) is 2.17. The molecule has 0 atom stereocenters. The van der Waals surface area contributed by atoms with Gasteiger partial charge in [0.2, 0.25) is 0 Å². The Morgan fingerprint density at radius 2 is 1.90 bits per heavy atom. The molecule has 0 bridgehead atoms. The van der Waals surface area contributed by atoms with Gasteiger partial charge in [0.25, 0.3) is 0 Å². The third kappa shape index (κ3) is 5.07. The normalized spacial score (nSPS) is 10.6. The van der Waals surface area contributed by atoms with Crippen LogP contribution in [0.4, 0.5) is 0 Å². The van der Waals surface area contributed by atoms with Crippen molar-refractivity contribution in [3.8, 4) is 5.75 Å². The Morgan fingerprint density at radius 3 is 2.67 bits per heavy atom. The molecule has 0 radical (unpaired) electrons. The number of hydrogen-bond donors (Lipinski definition) is 1. The van der Waals surface area contributed by atoms with Gasteiger partial charge in [-0.3, -0.25) is 0 Å². The lowest BCUT2D eigenvalue weighted by molar-refractivity contribution is 0.304. The van der Waals surface area contributed by atoms with E-state index in [-0.39, 0.29) is 0 Å². The molecule has 1 N–H and O–H groups in total. The highest BCUT2D eigenvalue weighted by molar-refractivity contribution is 6.30.